The minimum absolute atomic E-state index is 0.0303. The Bertz CT molecular complexity index is 1680. The molecule has 0 spiro atoms. The number of hydrogen-bond acceptors (Lipinski definition) is 8. The molecular formula is C34H43N2O8P2-. The molecule has 2 aromatic carbocycles. The van der Waals surface area contributed by atoms with Gasteiger partial charge in [-0.1, -0.05) is 54.6 Å². The highest BCUT2D eigenvalue weighted by molar-refractivity contribution is 7.51. The summed E-state index contributed by atoms with van der Waals surface area (Å²) in [5.74, 6) is -0.862. The van der Waals surface area contributed by atoms with Crippen LogP contribution >= 0.6 is 15.2 Å². The molecule has 0 bridgehead atoms. The smallest absolute Gasteiger partial charge is 0.303 e. The standard InChI is InChI=1S/C34H44N2O8P2/c1-33(2)26-14-9-11-16-28(26)35(22-24-45(39,40)43-4)30(33)18-7-6-8-19-31-34(3,21-13-20-32(37)38)27-15-10-12-17-29(27)36(31)23-25-46(41,42)44-5/h6-12,14-19H,13,20-25H2,1-5H3,(H2-,37,38,39,40,41,42)/p-1. The van der Waals surface area contributed by atoms with Crippen molar-refractivity contribution < 1.29 is 42.4 Å². The molecule has 0 fully saturated rings. The lowest BCUT2D eigenvalue weighted by Gasteiger charge is -2.32. The summed E-state index contributed by atoms with van der Waals surface area (Å²) in [6.07, 6.45) is 10.3. The number of aliphatic carboxylic acids is 1. The van der Waals surface area contributed by atoms with E-state index in [0.29, 0.717) is 12.8 Å². The van der Waals surface area contributed by atoms with Gasteiger partial charge in [0.1, 0.15) is 15.2 Å². The third-order valence-corrected chi connectivity index (χ3v) is 11.6. The third kappa shape index (κ3) is 7.71. The first kappa shape index (κ1) is 35.7. The van der Waals surface area contributed by atoms with E-state index in [1.54, 1.807) is 0 Å². The molecule has 3 atom stereocenters. The van der Waals surface area contributed by atoms with Gasteiger partial charge < -0.3 is 38.0 Å². The van der Waals surface area contributed by atoms with Crippen LogP contribution in [0.25, 0.3) is 0 Å². The SMILES string of the molecule is COP(=O)([O-])CCN1/C(=C/C=C/C=C/C2=[N+](CCP(=O)([O-])OC)c3ccccc3C2(C)C)C(C)(CCCC(=O)O)c2ccccc21. The van der Waals surface area contributed by atoms with Crippen molar-refractivity contribution in [3.63, 3.8) is 0 Å². The van der Waals surface area contributed by atoms with Crippen LogP contribution in [0.1, 0.15) is 51.2 Å². The van der Waals surface area contributed by atoms with Crippen LogP contribution in [0, 0.1) is 0 Å². The van der Waals surface area contributed by atoms with E-state index in [-0.39, 0.29) is 37.2 Å². The van der Waals surface area contributed by atoms with Crippen LogP contribution in [0.3, 0.4) is 0 Å². The molecule has 3 unspecified atom stereocenters. The normalized spacial score (nSPS) is 22.4. The summed E-state index contributed by atoms with van der Waals surface area (Å²) >= 11 is 0. The fraction of sp³-hybridized carbons (Fsp3) is 0.412. The Hall–Kier alpha value is -3.10. The topological polar surface area (TPSA) is 142 Å². The van der Waals surface area contributed by atoms with Crippen molar-refractivity contribution in [1.29, 1.82) is 0 Å². The van der Waals surface area contributed by atoms with Gasteiger partial charge in [-0.15, -0.1) is 0 Å². The van der Waals surface area contributed by atoms with Gasteiger partial charge in [-0.2, -0.15) is 4.58 Å². The molecule has 2 aromatic rings. The number of benzene rings is 2. The molecule has 4 rings (SSSR count). The maximum Gasteiger partial charge on any atom is 0.303 e. The van der Waals surface area contributed by atoms with Crippen LogP contribution in [0.2, 0.25) is 0 Å². The van der Waals surface area contributed by atoms with E-state index in [1.165, 1.54) is 7.11 Å². The molecule has 0 aromatic heterocycles. The zero-order chi connectivity index (χ0) is 33.8. The van der Waals surface area contributed by atoms with Crippen LogP contribution in [0.4, 0.5) is 11.4 Å². The van der Waals surface area contributed by atoms with Crippen molar-refractivity contribution in [3.8, 4) is 0 Å². The summed E-state index contributed by atoms with van der Waals surface area (Å²) in [6, 6.07) is 15.8. The van der Waals surface area contributed by atoms with Crippen LogP contribution < -0.4 is 14.7 Å². The highest BCUT2D eigenvalue weighted by atomic mass is 31.2. The van der Waals surface area contributed by atoms with Crippen molar-refractivity contribution in [3.05, 3.63) is 95.7 Å². The summed E-state index contributed by atoms with van der Waals surface area (Å²) in [4.78, 5) is 37.8. The summed E-state index contributed by atoms with van der Waals surface area (Å²) in [5.41, 5.74) is 4.84. The number of fused-ring (bicyclic) bond motifs is 2. The van der Waals surface area contributed by atoms with Crippen molar-refractivity contribution in [2.75, 3.05) is 44.5 Å². The van der Waals surface area contributed by atoms with E-state index >= 15 is 0 Å². The number of nitrogens with zero attached hydrogens (tertiary/aromatic N) is 2. The van der Waals surface area contributed by atoms with Crippen molar-refractivity contribution in [1.82, 2.24) is 0 Å². The zero-order valence-electron chi connectivity index (χ0n) is 27.0. The number of carbonyl (C=O) groups is 1. The van der Waals surface area contributed by atoms with Crippen LogP contribution in [-0.4, -0.2) is 61.0 Å². The molecule has 46 heavy (non-hydrogen) atoms. The maximum atomic E-state index is 12.3. The highest BCUT2D eigenvalue weighted by Crippen LogP contribution is 2.51. The third-order valence-electron chi connectivity index (χ3n) is 8.99. The van der Waals surface area contributed by atoms with Gasteiger partial charge in [-0.3, -0.25) is 4.79 Å². The molecule has 1 N–H and O–H groups in total. The van der Waals surface area contributed by atoms with Crippen LogP contribution in [0.15, 0.2) is 84.6 Å². The van der Waals surface area contributed by atoms with Crippen molar-refractivity contribution in [2.24, 2.45) is 0 Å². The van der Waals surface area contributed by atoms with Gasteiger partial charge in [0.05, 0.1) is 11.6 Å². The first-order valence-corrected chi connectivity index (χ1v) is 18.7. The monoisotopic (exact) mass is 669 g/mol. The fourth-order valence-electron chi connectivity index (χ4n) is 6.48. The van der Waals surface area contributed by atoms with Gasteiger partial charge in [-0.25, -0.2) is 0 Å². The molecule has 248 valence electrons. The highest BCUT2D eigenvalue weighted by Gasteiger charge is 2.45. The van der Waals surface area contributed by atoms with Crippen LogP contribution in [-0.2, 0) is 33.8 Å². The van der Waals surface area contributed by atoms with Gasteiger partial charge >= 0.3 is 5.97 Å². The number of para-hydroxylation sites is 2. The first-order valence-electron chi connectivity index (χ1n) is 15.3. The molecular weight excluding hydrogens is 626 g/mol. The van der Waals surface area contributed by atoms with Gasteiger partial charge in [-0.05, 0) is 51.3 Å². The Morgan fingerprint density at radius 3 is 2.24 bits per heavy atom. The van der Waals surface area contributed by atoms with Crippen molar-refractivity contribution in [2.45, 2.75) is 50.9 Å². The number of carboxylic acids is 1. The molecule has 10 nitrogen and oxygen atoms in total. The number of hydrogen-bond donors (Lipinski definition) is 1. The quantitative estimate of drug-likeness (QED) is 0.148. The predicted octanol–water partition coefficient (Wildman–Crippen LogP) is 5.49. The summed E-state index contributed by atoms with van der Waals surface area (Å²) in [5, 5.41) is 9.31. The zero-order valence-corrected chi connectivity index (χ0v) is 28.8. The van der Waals surface area contributed by atoms with E-state index in [9.17, 15) is 28.8 Å². The molecule has 0 aliphatic carbocycles. The number of rotatable bonds is 15. The second-order valence-electron chi connectivity index (χ2n) is 12.3. The Morgan fingerprint density at radius 2 is 1.57 bits per heavy atom. The minimum atomic E-state index is -4.03. The average molecular weight is 670 g/mol. The Kier molecular flexibility index (Phi) is 11.1. The summed E-state index contributed by atoms with van der Waals surface area (Å²) < 4.78 is 36.0. The lowest BCUT2D eigenvalue weighted by atomic mass is 9.77. The molecule has 0 saturated heterocycles. The first-order chi connectivity index (χ1) is 21.7. The van der Waals surface area contributed by atoms with Gasteiger partial charge in [0.15, 0.2) is 12.3 Å². The minimum Gasteiger partial charge on any atom is -0.778 e. The predicted molar refractivity (Wildman–Crippen MR) is 177 cm³/mol. The van der Waals surface area contributed by atoms with E-state index in [0.717, 1.165) is 41.0 Å². The second-order valence-corrected chi connectivity index (χ2v) is 16.3. The summed E-state index contributed by atoms with van der Waals surface area (Å²) in [6.45, 7) is 6.71. The Balaban J connectivity index is 1.69. The molecule has 12 heteroatoms. The molecule has 2 aliphatic rings. The number of carboxylic acid groups (broad SMARTS) is 1. The Morgan fingerprint density at radius 1 is 0.935 bits per heavy atom. The molecule has 2 aliphatic heterocycles. The lowest BCUT2D eigenvalue weighted by molar-refractivity contribution is -0.433. The second kappa shape index (κ2) is 14.3. The number of anilines is 1. The molecule has 2 heterocycles. The Labute approximate surface area is 271 Å². The molecule has 0 radical (unpaired) electrons. The average Bonchev–Trinajstić information content (AvgIpc) is 3.38. The maximum absolute atomic E-state index is 12.3. The fourth-order valence-corrected chi connectivity index (χ4v) is 7.73. The molecule has 0 saturated carbocycles. The van der Waals surface area contributed by atoms with E-state index < -0.39 is 26.6 Å². The largest absolute Gasteiger partial charge is 0.778 e. The van der Waals surface area contributed by atoms with E-state index in [4.69, 9.17) is 9.05 Å². The lowest BCUT2D eigenvalue weighted by Crippen LogP contribution is -2.31. The van der Waals surface area contributed by atoms with Gasteiger partial charge in [0.2, 0.25) is 5.69 Å². The van der Waals surface area contributed by atoms with E-state index in [1.807, 2.05) is 82.3 Å². The van der Waals surface area contributed by atoms with Gasteiger partial charge in [0, 0.05) is 67.9 Å². The summed E-state index contributed by atoms with van der Waals surface area (Å²) in [7, 11) is -5.65. The van der Waals surface area contributed by atoms with Crippen molar-refractivity contribution >= 4 is 38.2 Å². The number of allylic oxidation sites excluding steroid dienone is 6. The van der Waals surface area contributed by atoms with E-state index in [2.05, 4.69) is 26.8 Å². The van der Waals surface area contributed by atoms with Gasteiger partial charge in [0.25, 0.3) is 0 Å². The van der Waals surface area contributed by atoms with Crippen LogP contribution in [0.5, 0.6) is 0 Å². The molecule has 0 amide bonds.